The first kappa shape index (κ1) is 14.9. The van der Waals surface area contributed by atoms with E-state index in [1.54, 1.807) is 12.4 Å². The van der Waals surface area contributed by atoms with E-state index in [-0.39, 0.29) is 6.04 Å². The molecule has 0 spiro atoms. The molecule has 6 nitrogen and oxygen atoms in total. The van der Waals surface area contributed by atoms with Gasteiger partial charge in [-0.3, -0.25) is 4.98 Å². The summed E-state index contributed by atoms with van der Waals surface area (Å²) in [7, 11) is 0. The first-order valence-corrected chi connectivity index (χ1v) is 7.45. The summed E-state index contributed by atoms with van der Waals surface area (Å²) in [6, 6.07) is 14.2. The molecular weight excluding hydrogens is 288 g/mol. The molecule has 3 rings (SSSR count). The first-order chi connectivity index (χ1) is 11.3. The second-order valence-electron chi connectivity index (χ2n) is 5.16. The standard InChI is InChI=1S/C17H18N6/c1-13(15-7-3-2-4-8-15)21-17-22-16(12-20-23-17)19-11-14-6-5-9-18-10-14/h2-10,12-13H,11H2,1H3,(H2,19,21,22,23). The Morgan fingerprint density at radius 1 is 1.04 bits per heavy atom. The topological polar surface area (TPSA) is 75.6 Å². The fourth-order valence-corrected chi connectivity index (χ4v) is 2.16. The zero-order valence-corrected chi connectivity index (χ0v) is 12.8. The normalized spacial score (nSPS) is 11.7. The number of nitrogens with zero attached hydrogens (tertiary/aromatic N) is 4. The maximum absolute atomic E-state index is 4.44. The van der Waals surface area contributed by atoms with Crippen LogP contribution in [0.5, 0.6) is 0 Å². The molecule has 0 amide bonds. The Hall–Kier alpha value is -3.02. The van der Waals surface area contributed by atoms with Crippen LogP contribution in [-0.2, 0) is 6.54 Å². The lowest BCUT2D eigenvalue weighted by atomic mass is 10.1. The highest BCUT2D eigenvalue weighted by Crippen LogP contribution is 2.16. The molecule has 0 saturated heterocycles. The summed E-state index contributed by atoms with van der Waals surface area (Å²) in [6.07, 6.45) is 5.18. The molecule has 1 aromatic carbocycles. The molecule has 116 valence electrons. The fraction of sp³-hybridized carbons (Fsp3) is 0.176. The highest BCUT2D eigenvalue weighted by molar-refractivity contribution is 5.39. The number of pyridine rings is 1. The molecular formula is C17H18N6. The van der Waals surface area contributed by atoms with Gasteiger partial charge in [0.2, 0.25) is 5.95 Å². The van der Waals surface area contributed by atoms with Crippen LogP contribution in [-0.4, -0.2) is 20.2 Å². The van der Waals surface area contributed by atoms with E-state index < -0.39 is 0 Å². The van der Waals surface area contributed by atoms with Crippen molar-refractivity contribution in [2.24, 2.45) is 0 Å². The van der Waals surface area contributed by atoms with Crippen LogP contribution in [0.1, 0.15) is 24.1 Å². The van der Waals surface area contributed by atoms with Gasteiger partial charge in [-0.1, -0.05) is 36.4 Å². The molecule has 2 heterocycles. The summed E-state index contributed by atoms with van der Waals surface area (Å²) in [5, 5.41) is 14.5. The van der Waals surface area contributed by atoms with Gasteiger partial charge in [0.05, 0.1) is 12.2 Å². The van der Waals surface area contributed by atoms with E-state index in [0.29, 0.717) is 18.3 Å². The monoisotopic (exact) mass is 306 g/mol. The van der Waals surface area contributed by atoms with Crippen molar-refractivity contribution < 1.29 is 0 Å². The van der Waals surface area contributed by atoms with Crippen molar-refractivity contribution in [1.29, 1.82) is 0 Å². The molecule has 2 N–H and O–H groups in total. The predicted molar refractivity (Wildman–Crippen MR) is 89.9 cm³/mol. The van der Waals surface area contributed by atoms with Crippen LogP contribution in [0.15, 0.2) is 61.1 Å². The zero-order chi connectivity index (χ0) is 15.9. The molecule has 23 heavy (non-hydrogen) atoms. The van der Waals surface area contributed by atoms with Gasteiger partial charge in [0.15, 0.2) is 5.82 Å². The smallest absolute Gasteiger partial charge is 0.245 e. The number of rotatable bonds is 6. The highest BCUT2D eigenvalue weighted by Gasteiger charge is 2.07. The third kappa shape index (κ3) is 4.23. The second kappa shape index (κ2) is 7.31. The summed E-state index contributed by atoms with van der Waals surface area (Å²) >= 11 is 0. The molecule has 1 atom stereocenters. The van der Waals surface area contributed by atoms with Crippen LogP contribution in [0.2, 0.25) is 0 Å². The maximum Gasteiger partial charge on any atom is 0.245 e. The summed E-state index contributed by atoms with van der Waals surface area (Å²) in [4.78, 5) is 8.52. The SMILES string of the molecule is CC(Nc1nncc(NCc2cccnc2)n1)c1ccccc1. The third-order valence-corrected chi connectivity index (χ3v) is 3.40. The Kier molecular flexibility index (Phi) is 4.73. The van der Waals surface area contributed by atoms with Crippen LogP contribution in [0.3, 0.4) is 0 Å². The van der Waals surface area contributed by atoms with Gasteiger partial charge in [-0.15, -0.1) is 5.10 Å². The van der Waals surface area contributed by atoms with Gasteiger partial charge in [0.1, 0.15) is 0 Å². The number of benzene rings is 1. The molecule has 0 aliphatic heterocycles. The number of hydrogen-bond acceptors (Lipinski definition) is 6. The van der Waals surface area contributed by atoms with E-state index in [1.807, 2.05) is 36.5 Å². The number of aromatic nitrogens is 4. The van der Waals surface area contributed by atoms with Crippen molar-refractivity contribution in [2.75, 3.05) is 10.6 Å². The van der Waals surface area contributed by atoms with Crippen molar-refractivity contribution in [3.63, 3.8) is 0 Å². The summed E-state index contributed by atoms with van der Waals surface area (Å²) in [5.41, 5.74) is 2.25. The van der Waals surface area contributed by atoms with Crippen molar-refractivity contribution in [3.8, 4) is 0 Å². The molecule has 0 fully saturated rings. The average molecular weight is 306 g/mol. The Balaban J connectivity index is 1.63. The average Bonchev–Trinajstić information content (AvgIpc) is 2.62. The van der Waals surface area contributed by atoms with Gasteiger partial charge in [-0.2, -0.15) is 10.1 Å². The van der Waals surface area contributed by atoms with Crippen LogP contribution < -0.4 is 10.6 Å². The Labute approximate surface area is 135 Å². The minimum atomic E-state index is 0.103. The van der Waals surface area contributed by atoms with Crippen molar-refractivity contribution in [1.82, 2.24) is 20.2 Å². The molecule has 2 aromatic heterocycles. The molecule has 0 aliphatic carbocycles. The minimum Gasteiger partial charge on any atom is -0.364 e. The zero-order valence-electron chi connectivity index (χ0n) is 12.8. The van der Waals surface area contributed by atoms with E-state index in [1.165, 1.54) is 5.56 Å². The summed E-state index contributed by atoms with van der Waals surface area (Å²) in [6.45, 7) is 2.70. The van der Waals surface area contributed by atoms with Crippen molar-refractivity contribution in [3.05, 3.63) is 72.2 Å². The quantitative estimate of drug-likeness (QED) is 0.729. The number of anilines is 2. The van der Waals surface area contributed by atoms with Crippen LogP contribution >= 0.6 is 0 Å². The first-order valence-electron chi connectivity index (χ1n) is 7.45. The van der Waals surface area contributed by atoms with E-state index >= 15 is 0 Å². The van der Waals surface area contributed by atoms with Gasteiger partial charge in [-0.25, -0.2) is 0 Å². The predicted octanol–water partition coefficient (Wildman–Crippen LogP) is 3.05. The van der Waals surface area contributed by atoms with Gasteiger partial charge >= 0.3 is 0 Å². The highest BCUT2D eigenvalue weighted by atomic mass is 15.3. The van der Waals surface area contributed by atoms with Crippen LogP contribution in [0, 0.1) is 0 Å². The van der Waals surface area contributed by atoms with Gasteiger partial charge in [0, 0.05) is 18.9 Å². The van der Waals surface area contributed by atoms with Crippen molar-refractivity contribution >= 4 is 11.8 Å². The van der Waals surface area contributed by atoms with Crippen molar-refractivity contribution in [2.45, 2.75) is 19.5 Å². The molecule has 0 radical (unpaired) electrons. The summed E-state index contributed by atoms with van der Waals surface area (Å²) < 4.78 is 0. The minimum absolute atomic E-state index is 0.103. The van der Waals surface area contributed by atoms with E-state index in [4.69, 9.17) is 0 Å². The van der Waals surface area contributed by atoms with Gasteiger partial charge < -0.3 is 10.6 Å². The Morgan fingerprint density at radius 3 is 2.70 bits per heavy atom. The van der Waals surface area contributed by atoms with E-state index in [0.717, 1.165) is 5.56 Å². The Morgan fingerprint density at radius 2 is 1.91 bits per heavy atom. The van der Waals surface area contributed by atoms with Crippen LogP contribution in [0.25, 0.3) is 0 Å². The van der Waals surface area contributed by atoms with E-state index in [2.05, 4.69) is 49.9 Å². The second-order valence-corrected chi connectivity index (χ2v) is 5.16. The molecule has 0 saturated carbocycles. The molecule has 1 unspecified atom stereocenters. The summed E-state index contributed by atoms with van der Waals surface area (Å²) in [5.74, 6) is 1.17. The number of nitrogens with one attached hydrogen (secondary N) is 2. The lowest BCUT2D eigenvalue weighted by molar-refractivity contribution is 0.839. The lowest BCUT2D eigenvalue weighted by Crippen LogP contribution is -2.11. The number of hydrogen-bond donors (Lipinski definition) is 2. The maximum atomic E-state index is 4.44. The lowest BCUT2D eigenvalue weighted by Gasteiger charge is -2.14. The molecule has 0 bridgehead atoms. The Bertz CT molecular complexity index is 732. The van der Waals surface area contributed by atoms with Gasteiger partial charge in [-0.05, 0) is 24.1 Å². The fourth-order valence-electron chi connectivity index (χ4n) is 2.16. The molecule has 0 aliphatic rings. The van der Waals surface area contributed by atoms with E-state index in [9.17, 15) is 0 Å². The van der Waals surface area contributed by atoms with Crippen LogP contribution in [0.4, 0.5) is 11.8 Å². The largest absolute Gasteiger partial charge is 0.364 e. The third-order valence-electron chi connectivity index (χ3n) is 3.40. The molecule has 3 aromatic rings. The van der Waals surface area contributed by atoms with Gasteiger partial charge in [0.25, 0.3) is 0 Å². The molecule has 6 heteroatoms.